The van der Waals surface area contributed by atoms with Crippen molar-refractivity contribution >= 4 is 86.8 Å². The standard InChI is InChI=1S/C33H28ClN5O10S3.Li.2Na/c1-2-39(22-9-4-3-5-10-22)33-37-31(34)36-32(38-33)35-26-18-23(50(41,42)43)16-21-17-27(51(44,45)46)25(29(40)28(21)26)15-14-20-13-12-19-8-6-7-11-24(19)30(20)52(47,48)49;;;/h3-13,16-18,40H,2,14-15H2,1H3,(H,41,42,43)(H,44,45,46)(H,47,48,49)(H,35,36,37,38);;;/q;3*+1/p-3. The topological polar surface area (TPSA) is 246 Å². The van der Waals surface area contributed by atoms with Crippen LogP contribution in [0.5, 0.6) is 5.75 Å². The van der Waals surface area contributed by atoms with E-state index in [9.17, 15) is 44.0 Å². The van der Waals surface area contributed by atoms with Crippen molar-refractivity contribution in [3.05, 3.63) is 101 Å². The number of aromatic nitrogens is 3. The van der Waals surface area contributed by atoms with Gasteiger partial charge in [-0.25, -0.2) is 25.3 Å². The third-order valence-electron chi connectivity index (χ3n) is 8.13. The molecule has 55 heavy (non-hydrogen) atoms. The number of aromatic hydroxyl groups is 1. The van der Waals surface area contributed by atoms with Crippen LogP contribution in [0.25, 0.3) is 21.5 Å². The first kappa shape index (κ1) is 47.0. The maximum atomic E-state index is 12.5. The molecule has 5 aromatic carbocycles. The molecule has 270 valence electrons. The number of anilines is 4. The molecular weight excluding hydrogens is 811 g/mol. The predicted molar refractivity (Wildman–Crippen MR) is 188 cm³/mol. The summed E-state index contributed by atoms with van der Waals surface area (Å²) in [7, 11) is -15.7. The van der Waals surface area contributed by atoms with Crippen molar-refractivity contribution in [3.8, 4) is 5.75 Å². The van der Waals surface area contributed by atoms with Crippen LogP contribution in [0.4, 0.5) is 23.3 Å². The van der Waals surface area contributed by atoms with Crippen molar-refractivity contribution in [1.82, 2.24) is 15.0 Å². The molecular formula is C33H25ClLiN5Na2O10S3. The molecule has 22 heteroatoms. The average Bonchev–Trinajstić information content (AvgIpc) is 3.06. The molecule has 0 aliphatic rings. The fourth-order valence-corrected chi connectivity index (χ4v) is 8.35. The Morgan fingerprint density at radius 3 is 2.04 bits per heavy atom. The summed E-state index contributed by atoms with van der Waals surface area (Å²) in [6.45, 7) is 2.20. The molecule has 15 nitrogen and oxygen atoms in total. The van der Waals surface area contributed by atoms with Gasteiger partial charge in [0.05, 0.1) is 20.4 Å². The fourth-order valence-electron chi connectivity index (χ4n) is 5.94. The van der Waals surface area contributed by atoms with Gasteiger partial charge in [0.1, 0.15) is 36.1 Å². The Bertz CT molecular complexity index is 2740. The van der Waals surface area contributed by atoms with Crippen molar-refractivity contribution in [3.63, 3.8) is 0 Å². The van der Waals surface area contributed by atoms with Crippen LogP contribution in [0, 0.1) is 0 Å². The minimum atomic E-state index is -5.39. The first-order valence-electron chi connectivity index (χ1n) is 15.2. The van der Waals surface area contributed by atoms with E-state index in [1.54, 1.807) is 47.4 Å². The van der Waals surface area contributed by atoms with Gasteiger partial charge in [0.15, 0.2) is 0 Å². The number of nitrogens with zero attached hydrogens (tertiary/aromatic N) is 4. The SMILES string of the molecule is CCN(c1ccccc1)c1nc(Cl)nc(Nc2cc(S(=O)(=O)[O-])cc3cc(S(=O)(=O)[O-])c(CCc4ccc5ccccc5c4S(=O)(=O)[O-])c(O)c23)n1.[Li+].[Na+].[Na+]. The predicted octanol–water partition coefficient (Wildman–Crippen LogP) is -4.05. The minimum absolute atomic E-state index is 0. The van der Waals surface area contributed by atoms with E-state index in [1.807, 2.05) is 13.0 Å². The number of para-hydroxylation sites is 1. The molecule has 2 N–H and O–H groups in total. The van der Waals surface area contributed by atoms with Gasteiger partial charge >= 0.3 is 78.0 Å². The van der Waals surface area contributed by atoms with E-state index in [1.165, 1.54) is 18.2 Å². The zero-order chi connectivity index (χ0) is 37.6. The second kappa shape index (κ2) is 18.5. The van der Waals surface area contributed by atoms with Crippen LogP contribution in [0.3, 0.4) is 0 Å². The monoisotopic (exact) mass is 835 g/mol. The summed E-state index contributed by atoms with van der Waals surface area (Å²) in [6.07, 6.45) is -0.817. The van der Waals surface area contributed by atoms with Gasteiger partial charge in [-0.15, -0.1) is 0 Å². The van der Waals surface area contributed by atoms with Gasteiger partial charge in [0.25, 0.3) is 0 Å². The van der Waals surface area contributed by atoms with E-state index in [2.05, 4.69) is 20.3 Å². The number of fused-ring (bicyclic) bond motifs is 2. The molecule has 0 fully saturated rings. The quantitative estimate of drug-likeness (QED) is 0.0932. The van der Waals surface area contributed by atoms with E-state index in [4.69, 9.17) is 11.6 Å². The third-order valence-corrected chi connectivity index (χ3v) is 11.0. The smallest absolute Gasteiger partial charge is 0.744 e. The van der Waals surface area contributed by atoms with Crippen LogP contribution in [-0.2, 0) is 43.2 Å². The number of halogens is 1. The molecule has 0 saturated carbocycles. The number of phenols is 1. The van der Waals surface area contributed by atoms with Crippen molar-refractivity contribution in [2.75, 3.05) is 16.8 Å². The normalized spacial score (nSPS) is 11.7. The van der Waals surface area contributed by atoms with E-state index in [-0.39, 0.29) is 129 Å². The van der Waals surface area contributed by atoms with E-state index >= 15 is 0 Å². The largest absolute Gasteiger partial charge is 1.00 e. The Balaban J connectivity index is 0.00000271. The summed E-state index contributed by atoms with van der Waals surface area (Å²) in [5.41, 5.74) is -0.0951. The number of aryl methyl sites for hydroxylation is 1. The summed E-state index contributed by atoms with van der Waals surface area (Å²) < 4.78 is 111. The Kier molecular flexibility index (Phi) is 15.8. The van der Waals surface area contributed by atoms with Crippen LogP contribution in [-0.4, -0.2) is 65.5 Å². The molecule has 0 unspecified atom stereocenters. The number of rotatable bonds is 11. The first-order valence-corrected chi connectivity index (χ1v) is 19.8. The summed E-state index contributed by atoms with van der Waals surface area (Å²) in [5.74, 6) is -1.03. The molecule has 0 spiro atoms. The van der Waals surface area contributed by atoms with Gasteiger partial charge in [0, 0.05) is 23.2 Å². The number of benzene rings is 5. The van der Waals surface area contributed by atoms with E-state index < -0.39 is 62.8 Å². The van der Waals surface area contributed by atoms with Crippen LogP contribution < -0.4 is 88.2 Å². The summed E-state index contributed by atoms with van der Waals surface area (Å²) in [5, 5.41) is 14.1. The maximum absolute atomic E-state index is 12.5. The first-order chi connectivity index (χ1) is 24.5. The van der Waals surface area contributed by atoms with E-state index in [0.29, 0.717) is 17.6 Å². The van der Waals surface area contributed by atoms with Crippen LogP contribution in [0.15, 0.2) is 99.6 Å². The molecule has 0 aliphatic heterocycles. The molecule has 0 saturated heterocycles. The Labute approximate surface area is 378 Å². The fraction of sp³-hybridized carbons (Fsp3) is 0.121. The zero-order valence-corrected chi connectivity index (χ0v) is 36.9. The average molecular weight is 836 g/mol. The summed E-state index contributed by atoms with van der Waals surface area (Å²) >= 11 is 6.24. The maximum Gasteiger partial charge on any atom is 1.00 e. The molecule has 0 atom stereocenters. The Morgan fingerprint density at radius 2 is 1.42 bits per heavy atom. The van der Waals surface area contributed by atoms with Gasteiger partial charge < -0.3 is 29.0 Å². The number of nitrogens with one attached hydrogen (secondary N) is 1. The second-order valence-electron chi connectivity index (χ2n) is 11.3. The van der Waals surface area contributed by atoms with Gasteiger partial charge in [-0.3, -0.25) is 0 Å². The molecule has 0 bridgehead atoms. The van der Waals surface area contributed by atoms with Crippen LogP contribution >= 0.6 is 11.6 Å². The number of phenolic OH excluding ortho intramolecular Hbond substituents is 1. The van der Waals surface area contributed by atoms with E-state index in [0.717, 1.165) is 18.2 Å². The van der Waals surface area contributed by atoms with Gasteiger partial charge in [0.2, 0.25) is 17.2 Å². The third kappa shape index (κ3) is 10.4. The Morgan fingerprint density at radius 1 is 0.764 bits per heavy atom. The van der Waals surface area contributed by atoms with Gasteiger partial charge in [-0.1, -0.05) is 54.6 Å². The van der Waals surface area contributed by atoms with Crippen molar-refractivity contribution in [2.24, 2.45) is 0 Å². The second-order valence-corrected chi connectivity index (χ2v) is 15.7. The molecule has 0 radical (unpaired) electrons. The van der Waals surface area contributed by atoms with Crippen LogP contribution in [0.2, 0.25) is 5.28 Å². The molecule has 1 aromatic heterocycles. The molecule has 1 heterocycles. The molecule has 0 amide bonds. The van der Waals surface area contributed by atoms with Crippen molar-refractivity contribution < 1.29 is 122 Å². The molecule has 6 rings (SSSR count). The van der Waals surface area contributed by atoms with Gasteiger partial charge in [-0.2, -0.15) is 15.0 Å². The van der Waals surface area contributed by atoms with Crippen molar-refractivity contribution in [2.45, 2.75) is 34.5 Å². The van der Waals surface area contributed by atoms with Crippen LogP contribution in [0.1, 0.15) is 18.1 Å². The van der Waals surface area contributed by atoms with Gasteiger partial charge in [-0.05, 0) is 83.4 Å². The zero-order valence-electron chi connectivity index (χ0n) is 29.7. The number of hydrogen-bond donors (Lipinski definition) is 2. The summed E-state index contributed by atoms with van der Waals surface area (Å²) in [4.78, 5) is 11.9. The minimum Gasteiger partial charge on any atom is -0.744 e. The molecule has 0 aliphatic carbocycles. The van der Waals surface area contributed by atoms with Crippen molar-refractivity contribution in [1.29, 1.82) is 0 Å². The Hall–Kier alpha value is -2.35. The number of hydrogen-bond acceptors (Lipinski definition) is 15. The molecule has 6 aromatic rings. The summed E-state index contributed by atoms with van der Waals surface area (Å²) in [6, 6.07) is 20.5.